The minimum atomic E-state index is 0.814. The van der Waals surface area contributed by atoms with E-state index in [4.69, 9.17) is 5.26 Å². The van der Waals surface area contributed by atoms with Crippen molar-refractivity contribution in [3.8, 4) is 6.07 Å². The molecule has 0 aliphatic heterocycles. The number of thiophene rings is 1. The Morgan fingerprint density at radius 2 is 2.17 bits per heavy atom. The summed E-state index contributed by atoms with van der Waals surface area (Å²) in [5, 5.41) is 12.0. The number of aryl methyl sites for hydroxylation is 1. The van der Waals surface area contributed by atoms with Crippen molar-refractivity contribution in [2.24, 2.45) is 0 Å². The molecule has 0 saturated carbocycles. The number of benzene rings is 1. The molecule has 0 spiro atoms. The van der Waals surface area contributed by atoms with E-state index in [-0.39, 0.29) is 0 Å². The van der Waals surface area contributed by atoms with Gasteiger partial charge in [0.25, 0.3) is 0 Å². The van der Waals surface area contributed by atoms with E-state index in [1.54, 1.807) is 11.3 Å². The van der Waals surface area contributed by atoms with E-state index in [0.717, 1.165) is 16.5 Å². The molecule has 0 aliphatic rings. The zero-order chi connectivity index (χ0) is 8.55. The predicted molar refractivity (Wildman–Crippen MR) is 51.3 cm³/mol. The molecule has 58 valence electrons. The van der Waals surface area contributed by atoms with Crippen LogP contribution in [0.2, 0.25) is 0 Å². The quantitative estimate of drug-likeness (QED) is 0.600. The number of hydrogen-bond donors (Lipinski definition) is 0. The van der Waals surface area contributed by atoms with Gasteiger partial charge >= 0.3 is 0 Å². The first kappa shape index (κ1) is 7.33. The van der Waals surface area contributed by atoms with Gasteiger partial charge in [-0.1, -0.05) is 6.07 Å². The van der Waals surface area contributed by atoms with Crippen LogP contribution in [0, 0.1) is 18.3 Å². The largest absolute Gasteiger partial charge is 0.192 e. The van der Waals surface area contributed by atoms with Gasteiger partial charge in [0, 0.05) is 10.1 Å². The maximum Gasteiger partial charge on any atom is 0.100 e. The minimum Gasteiger partial charge on any atom is -0.192 e. The van der Waals surface area contributed by atoms with E-state index in [2.05, 4.69) is 12.1 Å². The molecule has 0 amide bonds. The number of hydrogen-bond acceptors (Lipinski definition) is 2. The fourth-order valence-corrected chi connectivity index (χ4v) is 2.10. The summed E-state index contributed by atoms with van der Waals surface area (Å²) in [5.74, 6) is 0. The Kier molecular flexibility index (Phi) is 1.60. The number of fused-ring (bicyclic) bond motifs is 1. The SMILES string of the molecule is Cc1ccc2sccc2c1C#N. The first-order valence-corrected chi connectivity index (χ1v) is 4.58. The third-order valence-electron chi connectivity index (χ3n) is 1.96. The normalized spacial score (nSPS) is 10.0. The van der Waals surface area contributed by atoms with Crippen LogP contribution in [0.1, 0.15) is 11.1 Å². The molecule has 2 aromatic rings. The second-order valence-electron chi connectivity index (χ2n) is 2.70. The van der Waals surface area contributed by atoms with Crippen LogP contribution >= 0.6 is 11.3 Å². The van der Waals surface area contributed by atoms with Crippen molar-refractivity contribution in [3.05, 3.63) is 34.7 Å². The molecule has 2 rings (SSSR count). The summed E-state index contributed by atoms with van der Waals surface area (Å²) in [5.41, 5.74) is 1.87. The van der Waals surface area contributed by atoms with Crippen molar-refractivity contribution in [1.82, 2.24) is 0 Å². The number of nitriles is 1. The number of nitrogens with zero attached hydrogens (tertiary/aromatic N) is 1. The van der Waals surface area contributed by atoms with Gasteiger partial charge in [0.2, 0.25) is 0 Å². The van der Waals surface area contributed by atoms with Crippen LogP contribution in [0.4, 0.5) is 0 Å². The molecule has 0 radical (unpaired) electrons. The molecule has 0 fully saturated rings. The zero-order valence-electron chi connectivity index (χ0n) is 6.66. The Hall–Kier alpha value is -1.33. The number of rotatable bonds is 0. The van der Waals surface area contributed by atoms with E-state index < -0.39 is 0 Å². The minimum absolute atomic E-state index is 0.814. The average Bonchev–Trinajstić information content (AvgIpc) is 2.52. The summed E-state index contributed by atoms with van der Waals surface area (Å²) in [6.45, 7) is 1.97. The van der Waals surface area contributed by atoms with Crippen LogP contribution in [0.15, 0.2) is 23.6 Å². The Bertz CT molecular complexity index is 462. The molecular formula is C10H7NS. The molecule has 0 unspecified atom stereocenters. The van der Waals surface area contributed by atoms with Crippen LogP contribution in [0.25, 0.3) is 10.1 Å². The van der Waals surface area contributed by atoms with E-state index >= 15 is 0 Å². The van der Waals surface area contributed by atoms with Gasteiger partial charge in [-0.15, -0.1) is 11.3 Å². The lowest BCUT2D eigenvalue weighted by atomic mass is 10.1. The van der Waals surface area contributed by atoms with Gasteiger partial charge in [-0.25, -0.2) is 0 Å². The van der Waals surface area contributed by atoms with E-state index in [1.165, 1.54) is 4.70 Å². The molecule has 1 aromatic heterocycles. The Morgan fingerprint density at radius 3 is 2.92 bits per heavy atom. The third kappa shape index (κ3) is 0.910. The Morgan fingerprint density at radius 1 is 1.33 bits per heavy atom. The first-order valence-electron chi connectivity index (χ1n) is 3.70. The van der Waals surface area contributed by atoms with Gasteiger partial charge in [0.15, 0.2) is 0 Å². The van der Waals surface area contributed by atoms with Crippen molar-refractivity contribution in [3.63, 3.8) is 0 Å². The molecule has 0 aliphatic carbocycles. The van der Waals surface area contributed by atoms with Crippen LogP contribution in [0.5, 0.6) is 0 Å². The van der Waals surface area contributed by atoms with Crippen molar-refractivity contribution < 1.29 is 0 Å². The van der Waals surface area contributed by atoms with E-state index in [1.807, 2.05) is 24.4 Å². The van der Waals surface area contributed by atoms with Crippen LogP contribution in [-0.2, 0) is 0 Å². The van der Waals surface area contributed by atoms with Crippen molar-refractivity contribution in [1.29, 1.82) is 5.26 Å². The van der Waals surface area contributed by atoms with Gasteiger partial charge in [-0.3, -0.25) is 0 Å². The molecule has 0 bridgehead atoms. The summed E-state index contributed by atoms with van der Waals surface area (Å²) in [6.07, 6.45) is 0. The van der Waals surface area contributed by atoms with Gasteiger partial charge in [-0.05, 0) is 30.0 Å². The highest BCUT2D eigenvalue weighted by atomic mass is 32.1. The summed E-state index contributed by atoms with van der Waals surface area (Å²) in [6, 6.07) is 8.30. The lowest BCUT2D eigenvalue weighted by molar-refractivity contribution is 1.43. The molecule has 0 N–H and O–H groups in total. The lowest BCUT2D eigenvalue weighted by Crippen LogP contribution is -1.80. The summed E-state index contributed by atoms with van der Waals surface area (Å²) in [7, 11) is 0. The highest BCUT2D eigenvalue weighted by Gasteiger charge is 2.03. The third-order valence-corrected chi connectivity index (χ3v) is 2.84. The molecule has 0 saturated heterocycles. The Balaban J connectivity index is 2.94. The van der Waals surface area contributed by atoms with Crippen LogP contribution in [0.3, 0.4) is 0 Å². The molecule has 1 heterocycles. The highest BCUT2D eigenvalue weighted by Crippen LogP contribution is 2.25. The lowest BCUT2D eigenvalue weighted by Gasteiger charge is -1.96. The fourth-order valence-electron chi connectivity index (χ4n) is 1.30. The topological polar surface area (TPSA) is 23.8 Å². The maximum absolute atomic E-state index is 8.89. The van der Waals surface area contributed by atoms with Gasteiger partial charge in [0.05, 0.1) is 5.56 Å². The predicted octanol–water partition coefficient (Wildman–Crippen LogP) is 3.08. The zero-order valence-corrected chi connectivity index (χ0v) is 7.48. The molecule has 0 atom stereocenters. The second-order valence-corrected chi connectivity index (χ2v) is 3.65. The molecule has 1 aromatic carbocycles. The van der Waals surface area contributed by atoms with Crippen LogP contribution in [-0.4, -0.2) is 0 Å². The summed E-state index contributed by atoms with van der Waals surface area (Å²) < 4.78 is 1.19. The average molecular weight is 173 g/mol. The molecule has 1 nitrogen and oxygen atoms in total. The standard InChI is InChI=1S/C10H7NS/c1-7-2-3-10-8(4-5-12-10)9(7)6-11/h2-5H,1H3. The van der Waals surface area contributed by atoms with Crippen molar-refractivity contribution in [2.75, 3.05) is 0 Å². The van der Waals surface area contributed by atoms with E-state index in [0.29, 0.717) is 0 Å². The summed E-state index contributed by atoms with van der Waals surface area (Å²) in [4.78, 5) is 0. The molecule has 12 heavy (non-hydrogen) atoms. The maximum atomic E-state index is 8.89. The monoisotopic (exact) mass is 173 g/mol. The second kappa shape index (κ2) is 2.62. The van der Waals surface area contributed by atoms with Crippen molar-refractivity contribution >= 4 is 21.4 Å². The smallest absolute Gasteiger partial charge is 0.100 e. The molecule has 2 heteroatoms. The van der Waals surface area contributed by atoms with E-state index in [9.17, 15) is 0 Å². The highest BCUT2D eigenvalue weighted by molar-refractivity contribution is 7.17. The van der Waals surface area contributed by atoms with Gasteiger partial charge in [-0.2, -0.15) is 5.26 Å². The molecular weight excluding hydrogens is 166 g/mol. The van der Waals surface area contributed by atoms with Gasteiger partial charge < -0.3 is 0 Å². The fraction of sp³-hybridized carbons (Fsp3) is 0.100. The van der Waals surface area contributed by atoms with Crippen molar-refractivity contribution in [2.45, 2.75) is 6.92 Å². The first-order chi connectivity index (χ1) is 5.83. The van der Waals surface area contributed by atoms with Gasteiger partial charge in [0.1, 0.15) is 6.07 Å². The van der Waals surface area contributed by atoms with Crippen LogP contribution < -0.4 is 0 Å². The Labute approximate surface area is 74.9 Å². The summed E-state index contributed by atoms with van der Waals surface area (Å²) >= 11 is 1.67.